The van der Waals surface area contributed by atoms with E-state index in [1.807, 2.05) is 30.3 Å². The van der Waals surface area contributed by atoms with Crippen LogP contribution < -0.4 is 14.8 Å². The standard InChI is InChI=1S/C23H21N3O5/c1-4-12-24-21(27)15-31-23(28)19-14-26(16-8-6-5-7-9-16)25-22(19)18-13-17(29-2)10-11-20(18)30-3/h1,5-11,13-14H,12,15H2,2-3H3,(H,24,27). The van der Waals surface area contributed by atoms with Crippen LogP contribution in [0.1, 0.15) is 10.4 Å². The number of terminal acetylenes is 1. The lowest BCUT2D eigenvalue weighted by Gasteiger charge is -2.10. The van der Waals surface area contributed by atoms with Gasteiger partial charge in [-0.1, -0.05) is 24.1 Å². The Balaban J connectivity index is 2.02. The molecule has 8 heteroatoms. The number of nitrogens with one attached hydrogen (secondary N) is 1. The largest absolute Gasteiger partial charge is 0.497 e. The van der Waals surface area contributed by atoms with E-state index < -0.39 is 18.5 Å². The summed E-state index contributed by atoms with van der Waals surface area (Å²) in [6.45, 7) is -0.416. The van der Waals surface area contributed by atoms with Gasteiger partial charge in [-0.2, -0.15) is 5.10 Å². The average Bonchev–Trinajstić information content (AvgIpc) is 3.26. The van der Waals surface area contributed by atoms with Gasteiger partial charge in [0.25, 0.3) is 5.91 Å². The molecule has 0 saturated carbocycles. The number of amides is 1. The molecule has 158 valence electrons. The van der Waals surface area contributed by atoms with Gasteiger partial charge >= 0.3 is 5.97 Å². The predicted octanol–water partition coefficient (Wildman–Crippen LogP) is 2.46. The number of rotatable bonds is 8. The molecule has 0 aliphatic heterocycles. The molecular weight excluding hydrogens is 398 g/mol. The van der Waals surface area contributed by atoms with Crippen LogP contribution in [0.4, 0.5) is 0 Å². The highest BCUT2D eigenvalue weighted by atomic mass is 16.5. The summed E-state index contributed by atoms with van der Waals surface area (Å²) >= 11 is 0. The molecule has 1 amide bonds. The van der Waals surface area contributed by atoms with Crippen molar-refractivity contribution in [1.29, 1.82) is 0 Å². The molecule has 0 atom stereocenters. The topological polar surface area (TPSA) is 91.7 Å². The fourth-order valence-electron chi connectivity index (χ4n) is 2.84. The number of hydrogen-bond acceptors (Lipinski definition) is 6. The van der Waals surface area contributed by atoms with Crippen LogP contribution in [0.15, 0.2) is 54.7 Å². The van der Waals surface area contributed by atoms with Gasteiger partial charge in [-0.25, -0.2) is 9.48 Å². The van der Waals surface area contributed by atoms with Gasteiger partial charge in [-0.3, -0.25) is 4.79 Å². The molecule has 3 rings (SSSR count). The van der Waals surface area contributed by atoms with E-state index in [4.69, 9.17) is 20.6 Å². The number of ether oxygens (including phenoxy) is 3. The summed E-state index contributed by atoms with van der Waals surface area (Å²) in [5.41, 5.74) is 1.78. The predicted molar refractivity (Wildman–Crippen MR) is 114 cm³/mol. The average molecular weight is 419 g/mol. The molecule has 1 heterocycles. The lowest BCUT2D eigenvalue weighted by molar-refractivity contribution is -0.123. The zero-order valence-electron chi connectivity index (χ0n) is 17.1. The third-order valence-corrected chi connectivity index (χ3v) is 4.34. The summed E-state index contributed by atoms with van der Waals surface area (Å²) in [5.74, 6) is 2.14. The Labute approximate surface area is 179 Å². The van der Waals surface area contributed by atoms with Crippen molar-refractivity contribution in [2.45, 2.75) is 0 Å². The number of carbonyl (C=O) groups excluding carboxylic acids is 2. The van der Waals surface area contributed by atoms with Crippen LogP contribution in [-0.2, 0) is 9.53 Å². The van der Waals surface area contributed by atoms with E-state index in [9.17, 15) is 9.59 Å². The zero-order valence-corrected chi connectivity index (χ0v) is 17.1. The minimum absolute atomic E-state index is 0.0502. The summed E-state index contributed by atoms with van der Waals surface area (Å²) < 4.78 is 17.5. The molecule has 0 radical (unpaired) electrons. The van der Waals surface area contributed by atoms with Crippen LogP contribution in [0, 0.1) is 12.3 Å². The summed E-state index contributed by atoms with van der Waals surface area (Å²) in [4.78, 5) is 24.6. The van der Waals surface area contributed by atoms with Crippen molar-refractivity contribution in [3.05, 3.63) is 60.3 Å². The molecular formula is C23H21N3O5. The van der Waals surface area contributed by atoms with Crippen molar-refractivity contribution >= 4 is 11.9 Å². The maximum Gasteiger partial charge on any atom is 0.342 e. The second-order valence-corrected chi connectivity index (χ2v) is 6.29. The third kappa shape index (κ3) is 5.03. The van der Waals surface area contributed by atoms with E-state index in [0.717, 1.165) is 5.69 Å². The quantitative estimate of drug-likeness (QED) is 0.446. The van der Waals surface area contributed by atoms with Crippen molar-refractivity contribution in [2.24, 2.45) is 0 Å². The molecule has 31 heavy (non-hydrogen) atoms. The van der Waals surface area contributed by atoms with Crippen molar-refractivity contribution in [3.63, 3.8) is 0 Å². The molecule has 2 aromatic carbocycles. The number of aromatic nitrogens is 2. The van der Waals surface area contributed by atoms with Crippen LogP contribution in [-0.4, -0.2) is 49.0 Å². The molecule has 0 bridgehead atoms. The van der Waals surface area contributed by atoms with Crippen molar-refractivity contribution in [1.82, 2.24) is 15.1 Å². The van der Waals surface area contributed by atoms with Gasteiger partial charge < -0.3 is 19.5 Å². The molecule has 0 saturated heterocycles. The van der Waals surface area contributed by atoms with Gasteiger partial charge in [0.05, 0.1) is 26.5 Å². The zero-order chi connectivity index (χ0) is 22.2. The van der Waals surface area contributed by atoms with E-state index in [2.05, 4.69) is 16.3 Å². The molecule has 3 aromatic rings. The lowest BCUT2D eigenvalue weighted by Crippen LogP contribution is -2.29. The second-order valence-electron chi connectivity index (χ2n) is 6.29. The van der Waals surface area contributed by atoms with Crippen LogP contribution in [0.2, 0.25) is 0 Å². The van der Waals surface area contributed by atoms with Crippen LogP contribution in [0.25, 0.3) is 16.9 Å². The Bertz CT molecular complexity index is 1120. The smallest absolute Gasteiger partial charge is 0.342 e. The van der Waals surface area contributed by atoms with Crippen molar-refractivity contribution in [3.8, 4) is 40.8 Å². The Morgan fingerprint density at radius 1 is 1.13 bits per heavy atom. The van der Waals surface area contributed by atoms with Gasteiger partial charge in [0.2, 0.25) is 0 Å². The van der Waals surface area contributed by atoms with Gasteiger partial charge in [0.15, 0.2) is 6.61 Å². The number of carbonyl (C=O) groups is 2. The normalized spacial score (nSPS) is 10.1. The van der Waals surface area contributed by atoms with E-state index in [1.165, 1.54) is 14.2 Å². The first kappa shape index (κ1) is 21.5. The second kappa shape index (κ2) is 9.98. The van der Waals surface area contributed by atoms with E-state index in [1.54, 1.807) is 29.1 Å². The molecule has 1 aromatic heterocycles. The minimum Gasteiger partial charge on any atom is -0.497 e. The van der Waals surface area contributed by atoms with Crippen molar-refractivity contribution in [2.75, 3.05) is 27.4 Å². The fraction of sp³-hybridized carbons (Fsp3) is 0.174. The molecule has 0 fully saturated rings. The Morgan fingerprint density at radius 3 is 2.58 bits per heavy atom. The van der Waals surface area contributed by atoms with Gasteiger partial charge in [-0.15, -0.1) is 6.42 Å². The summed E-state index contributed by atoms with van der Waals surface area (Å²) in [6.07, 6.45) is 6.66. The summed E-state index contributed by atoms with van der Waals surface area (Å²) in [5, 5.41) is 7.03. The number of hydrogen-bond donors (Lipinski definition) is 1. The number of nitrogens with zero attached hydrogens (tertiary/aromatic N) is 2. The molecule has 1 N–H and O–H groups in total. The van der Waals surface area contributed by atoms with Crippen LogP contribution >= 0.6 is 0 Å². The van der Waals surface area contributed by atoms with Gasteiger partial charge in [-0.05, 0) is 30.3 Å². The lowest BCUT2D eigenvalue weighted by atomic mass is 10.1. The Kier molecular flexibility index (Phi) is 6.91. The molecule has 0 aliphatic carbocycles. The molecule has 8 nitrogen and oxygen atoms in total. The van der Waals surface area contributed by atoms with E-state index in [0.29, 0.717) is 22.8 Å². The van der Waals surface area contributed by atoms with E-state index in [-0.39, 0.29) is 12.1 Å². The first-order chi connectivity index (χ1) is 15.1. The highest BCUT2D eigenvalue weighted by Gasteiger charge is 2.23. The molecule has 0 aliphatic rings. The number of benzene rings is 2. The van der Waals surface area contributed by atoms with Crippen molar-refractivity contribution < 1.29 is 23.8 Å². The van der Waals surface area contributed by atoms with Crippen LogP contribution in [0.5, 0.6) is 11.5 Å². The highest BCUT2D eigenvalue weighted by molar-refractivity contribution is 5.98. The molecule has 0 unspecified atom stereocenters. The van der Waals surface area contributed by atoms with Crippen LogP contribution in [0.3, 0.4) is 0 Å². The Hall–Kier alpha value is -4.25. The summed E-state index contributed by atoms with van der Waals surface area (Å²) in [7, 11) is 3.06. The maximum absolute atomic E-state index is 12.8. The fourth-order valence-corrected chi connectivity index (χ4v) is 2.84. The number of esters is 1. The Morgan fingerprint density at radius 2 is 1.90 bits per heavy atom. The SMILES string of the molecule is C#CCNC(=O)COC(=O)c1cn(-c2ccccc2)nc1-c1cc(OC)ccc1OC. The first-order valence-electron chi connectivity index (χ1n) is 9.32. The first-order valence-corrected chi connectivity index (χ1v) is 9.32. The van der Waals surface area contributed by atoms with Gasteiger partial charge in [0, 0.05) is 11.8 Å². The number of methoxy groups -OCH3 is 2. The summed E-state index contributed by atoms with van der Waals surface area (Å²) in [6, 6.07) is 14.5. The van der Waals surface area contributed by atoms with Gasteiger partial charge in [0.1, 0.15) is 22.8 Å². The monoisotopic (exact) mass is 419 g/mol. The molecule has 0 spiro atoms. The minimum atomic E-state index is -0.710. The van der Waals surface area contributed by atoms with E-state index >= 15 is 0 Å². The number of para-hydroxylation sites is 1. The highest BCUT2D eigenvalue weighted by Crippen LogP contribution is 2.35. The third-order valence-electron chi connectivity index (χ3n) is 4.34. The maximum atomic E-state index is 12.8.